The first-order chi connectivity index (χ1) is 7.18. The van der Waals surface area contributed by atoms with Crippen molar-refractivity contribution >= 4 is 18.4 Å². The Hall–Kier alpha value is -0.460. The molecule has 1 aromatic carbocycles. The van der Waals surface area contributed by atoms with Crippen molar-refractivity contribution in [2.45, 2.75) is 12.7 Å². The summed E-state index contributed by atoms with van der Waals surface area (Å²) in [5.74, 6) is 0. The van der Waals surface area contributed by atoms with Crippen LogP contribution in [0.2, 0.25) is 0 Å². The third-order valence-electron chi connectivity index (χ3n) is 1.74. The zero-order valence-electron chi connectivity index (χ0n) is 7.90. The lowest BCUT2D eigenvalue weighted by Gasteiger charge is -2.11. The van der Waals surface area contributed by atoms with Crippen LogP contribution in [0.25, 0.3) is 0 Å². The summed E-state index contributed by atoms with van der Waals surface area (Å²) >= 11 is 4.28. The van der Waals surface area contributed by atoms with Crippen molar-refractivity contribution in [3.63, 3.8) is 0 Å². The molecule has 0 bridgehead atoms. The Morgan fingerprint density at radius 1 is 1.31 bits per heavy atom. The molecule has 0 saturated carbocycles. The average molecular weight is 271 g/mol. The van der Waals surface area contributed by atoms with Crippen LogP contribution in [0.5, 0.6) is 0 Å². The number of hydrogen-bond acceptors (Lipinski definition) is 1. The van der Waals surface area contributed by atoms with Gasteiger partial charge in [0.1, 0.15) is 0 Å². The second-order valence-electron chi connectivity index (χ2n) is 3.08. The third-order valence-corrected chi connectivity index (χ3v) is 2.70. The lowest BCUT2D eigenvalue weighted by atomic mass is 10.1. The van der Waals surface area contributed by atoms with Crippen LogP contribution < -0.4 is 5.09 Å². The number of alkyl halides is 3. The van der Waals surface area contributed by atoms with Crippen molar-refractivity contribution in [3.05, 3.63) is 35.4 Å². The molecule has 0 saturated heterocycles. The van der Waals surface area contributed by atoms with Gasteiger partial charge in [-0.1, -0.05) is 18.2 Å². The number of hydrogen-bond donors (Lipinski definition) is 3. The van der Waals surface area contributed by atoms with E-state index in [4.69, 9.17) is 9.79 Å². The van der Waals surface area contributed by atoms with Crippen LogP contribution in [0.3, 0.4) is 0 Å². The van der Waals surface area contributed by atoms with E-state index in [2.05, 4.69) is 16.9 Å². The third kappa shape index (κ3) is 4.59. The van der Waals surface area contributed by atoms with Crippen LogP contribution in [-0.2, 0) is 24.5 Å². The van der Waals surface area contributed by atoms with Gasteiger partial charge in [-0.2, -0.15) is 13.2 Å². The molecular weight excluding hydrogens is 262 g/mol. The SMILES string of the molecule is OP(O)(=S)NCc1cccc(C(F)(F)F)c1. The number of rotatable bonds is 3. The minimum absolute atomic E-state index is 0.117. The molecule has 1 rings (SSSR count). The molecule has 0 aromatic heterocycles. The Morgan fingerprint density at radius 3 is 2.44 bits per heavy atom. The summed E-state index contributed by atoms with van der Waals surface area (Å²) in [4.78, 5) is 17.7. The predicted molar refractivity (Wildman–Crippen MR) is 57.0 cm³/mol. The summed E-state index contributed by atoms with van der Waals surface area (Å²) in [5, 5.41) is 2.19. The van der Waals surface area contributed by atoms with E-state index in [1.54, 1.807) is 0 Å². The van der Waals surface area contributed by atoms with Gasteiger partial charge in [0.2, 0.25) is 0 Å². The summed E-state index contributed by atoms with van der Waals surface area (Å²) in [6.07, 6.45) is -4.41. The molecule has 16 heavy (non-hydrogen) atoms. The van der Waals surface area contributed by atoms with Gasteiger partial charge in [0.05, 0.1) is 5.56 Å². The van der Waals surface area contributed by atoms with Crippen molar-refractivity contribution in [2.75, 3.05) is 0 Å². The topological polar surface area (TPSA) is 52.5 Å². The Balaban J connectivity index is 2.80. The van der Waals surface area contributed by atoms with Gasteiger partial charge in [-0.05, 0) is 23.4 Å². The van der Waals surface area contributed by atoms with E-state index >= 15 is 0 Å². The lowest BCUT2D eigenvalue weighted by Crippen LogP contribution is -2.10. The van der Waals surface area contributed by atoms with Gasteiger partial charge in [-0.3, -0.25) is 0 Å². The lowest BCUT2D eigenvalue weighted by molar-refractivity contribution is -0.137. The number of halogens is 3. The number of nitrogens with one attached hydrogen (secondary N) is 1. The Bertz CT molecular complexity index is 418. The molecular formula is C8H9F3NO2PS. The molecule has 0 heterocycles. The Labute approximate surface area is 95.1 Å². The van der Waals surface area contributed by atoms with E-state index in [0.29, 0.717) is 0 Å². The molecule has 0 amide bonds. The van der Waals surface area contributed by atoms with E-state index < -0.39 is 18.4 Å². The van der Waals surface area contributed by atoms with Gasteiger partial charge >= 0.3 is 6.18 Å². The molecule has 90 valence electrons. The summed E-state index contributed by atoms with van der Waals surface area (Å²) in [5.41, 5.74) is -0.497. The summed E-state index contributed by atoms with van der Waals surface area (Å²) < 4.78 is 36.9. The first kappa shape index (κ1) is 13.6. The van der Waals surface area contributed by atoms with Gasteiger partial charge < -0.3 is 9.79 Å². The van der Waals surface area contributed by atoms with E-state index in [-0.39, 0.29) is 12.1 Å². The molecule has 3 nitrogen and oxygen atoms in total. The summed E-state index contributed by atoms with van der Waals surface area (Å²) in [7, 11) is 0. The van der Waals surface area contributed by atoms with Crippen LogP contribution in [-0.4, -0.2) is 9.79 Å². The maximum atomic E-state index is 12.3. The van der Waals surface area contributed by atoms with E-state index in [9.17, 15) is 13.2 Å². The van der Waals surface area contributed by atoms with Crippen LogP contribution in [0.1, 0.15) is 11.1 Å². The van der Waals surface area contributed by atoms with E-state index in [1.165, 1.54) is 12.1 Å². The number of benzene rings is 1. The zero-order valence-corrected chi connectivity index (χ0v) is 9.61. The minimum Gasteiger partial charge on any atom is -0.334 e. The second-order valence-corrected chi connectivity index (χ2v) is 6.01. The van der Waals surface area contributed by atoms with Crippen LogP contribution in [0.15, 0.2) is 24.3 Å². The highest BCUT2D eigenvalue weighted by Gasteiger charge is 2.30. The summed E-state index contributed by atoms with van der Waals surface area (Å²) in [6, 6.07) is 4.56. The van der Waals surface area contributed by atoms with Crippen molar-refractivity contribution in [1.82, 2.24) is 5.09 Å². The second kappa shape index (κ2) is 4.81. The van der Waals surface area contributed by atoms with Gasteiger partial charge in [0.25, 0.3) is 6.64 Å². The monoisotopic (exact) mass is 271 g/mol. The fraction of sp³-hybridized carbons (Fsp3) is 0.250. The first-order valence-electron chi connectivity index (χ1n) is 4.15. The molecule has 0 aliphatic heterocycles. The zero-order chi connectivity index (χ0) is 12.4. The van der Waals surface area contributed by atoms with Gasteiger partial charge in [0.15, 0.2) is 0 Å². The van der Waals surface area contributed by atoms with Crippen LogP contribution >= 0.6 is 6.64 Å². The fourth-order valence-corrected chi connectivity index (χ4v) is 1.63. The highest BCUT2D eigenvalue weighted by atomic mass is 32.5. The fourth-order valence-electron chi connectivity index (χ4n) is 1.05. The summed E-state index contributed by atoms with van der Waals surface area (Å²) in [6.45, 7) is -3.70. The van der Waals surface area contributed by atoms with Gasteiger partial charge in [0, 0.05) is 6.54 Å². The van der Waals surface area contributed by atoms with Crippen LogP contribution in [0, 0.1) is 0 Å². The molecule has 0 radical (unpaired) electrons. The predicted octanol–water partition coefficient (Wildman–Crippen LogP) is 2.00. The first-order valence-corrected chi connectivity index (χ1v) is 6.86. The van der Waals surface area contributed by atoms with Gasteiger partial charge in [-0.25, -0.2) is 5.09 Å². The van der Waals surface area contributed by atoms with Crippen molar-refractivity contribution < 1.29 is 23.0 Å². The van der Waals surface area contributed by atoms with Gasteiger partial charge in [-0.15, -0.1) is 0 Å². The molecule has 1 aromatic rings. The maximum Gasteiger partial charge on any atom is 0.416 e. The molecule has 0 spiro atoms. The van der Waals surface area contributed by atoms with Crippen molar-refractivity contribution in [3.8, 4) is 0 Å². The largest absolute Gasteiger partial charge is 0.416 e. The molecule has 0 aliphatic carbocycles. The van der Waals surface area contributed by atoms with Crippen LogP contribution in [0.4, 0.5) is 13.2 Å². The highest BCUT2D eigenvalue weighted by Crippen LogP contribution is 2.31. The molecule has 0 atom stereocenters. The van der Waals surface area contributed by atoms with E-state index in [1.807, 2.05) is 0 Å². The Morgan fingerprint density at radius 2 is 1.94 bits per heavy atom. The smallest absolute Gasteiger partial charge is 0.334 e. The normalized spacial score (nSPS) is 12.8. The van der Waals surface area contributed by atoms with E-state index in [0.717, 1.165) is 12.1 Å². The Kier molecular flexibility index (Phi) is 4.09. The molecule has 8 heteroatoms. The minimum atomic E-state index is -4.41. The quantitative estimate of drug-likeness (QED) is 0.736. The standard InChI is InChI=1S/C8H9F3NO2PS/c9-8(10,11)7-3-1-2-6(4-7)5-12-15(13,14)16/h1-4H,5H2,(H3,12,13,14,16). The van der Waals surface area contributed by atoms with Crippen molar-refractivity contribution in [1.29, 1.82) is 0 Å². The van der Waals surface area contributed by atoms with Crippen molar-refractivity contribution in [2.24, 2.45) is 0 Å². The molecule has 0 aliphatic rings. The maximum absolute atomic E-state index is 12.3. The molecule has 0 fully saturated rings. The average Bonchev–Trinajstić information content (AvgIpc) is 2.13. The highest BCUT2D eigenvalue weighted by molar-refractivity contribution is 8.08. The molecule has 3 N–H and O–H groups in total. The molecule has 0 unspecified atom stereocenters.